The molecular weight excluding hydrogens is 158 g/mol. The summed E-state index contributed by atoms with van der Waals surface area (Å²) >= 11 is 0. The topological polar surface area (TPSA) is 47.9 Å². The van der Waals surface area contributed by atoms with Crippen LogP contribution in [-0.2, 0) is 14.4 Å². The number of nitrogens with zero attached hydrogens (tertiary/aromatic N) is 1. The van der Waals surface area contributed by atoms with E-state index in [-0.39, 0.29) is 5.97 Å². The summed E-state index contributed by atoms with van der Waals surface area (Å²) < 4.78 is 4.59. The van der Waals surface area contributed by atoms with Crippen LogP contribution in [0.2, 0.25) is 0 Å². The van der Waals surface area contributed by atoms with Crippen molar-refractivity contribution in [3.05, 3.63) is 0 Å². The minimum Gasteiger partial charge on any atom is -0.466 e. The minimum absolute atomic E-state index is 0.366. The fraction of sp³-hybridized carbons (Fsp3) is 0.750. The molecular formula is C8H13NO3. The summed E-state index contributed by atoms with van der Waals surface area (Å²) in [6, 6.07) is 0. The van der Waals surface area contributed by atoms with Crippen molar-refractivity contribution in [2.75, 3.05) is 7.11 Å². The van der Waals surface area contributed by atoms with Gasteiger partial charge in [0.2, 0.25) is 5.60 Å². The van der Waals surface area contributed by atoms with Crippen LogP contribution in [0.4, 0.5) is 0 Å². The number of hydrogen-bond donors (Lipinski definition) is 0. The third-order valence-corrected chi connectivity index (χ3v) is 1.94. The molecule has 0 saturated heterocycles. The van der Waals surface area contributed by atoms with Crippen LogP contribution in [0.15, 0.2) is 5.16 Å². The Kier molecular flexibility index (Phi) is 2.35. The lowest BCUT2D eigenvalue weighted by molar-refractivity contribution is -0.164. The smallest absolute Gasteiger partial charge is 0.353 e. The number of carbonyl (C=O) groups is 1. The number of ether oxygens (including phenoxy) is 1. The zero-order valence-corrected chi connectivity index (χ0v) is 7.59. The Morgan fingerprint density at radius 1 is 1.83 bits per heavy atom. The van der Waals surface area contributed by atoms with Crippen molar-refractivity contribution < 1.29 is 14.4 Å². The first-order valence-electron chi connectivity index (χ1n) is 3.94. The second kappa shape index (κ2) is 3.13. The molecule has 1 aliphatic heterocycles. The number of oxime groups is 1. The van der Waals surface area contributed by atoms with Crippen molar-refractivity contribution in [2.45, 2.75) is 32.3 Å². The van der Waals surface area contributed by atoms with Crippen LogP contribution in [0.5, 0.6) is 0 Å². The van der Waals surface area contributed by atoms with E-state index in [0.29, 0.717) is 6.42 Å². The number of methoxy groups -OCH3 is 1. The quantitative estimate of drug-likeness (QED) is 0.584. The molecule has 4 heteroatoms. The van der Waals surface area contributed by atoms with Crippen molar-refractivity contribution in [1.82, 2.24) is 0 Å². The summed E-state index contributed by atoms with van der Waals surface area (Å²) in [6.45, 7) is 3.66. The summed E-state index contributed by atoms with van der Waals surface area (Å²) in [5.74, 6) is -0.366. The second-order valence-electron chi connectivity index (χ2n) is 3.00. The molecule has 1 heterocycles. The molecule has 0 bridgehead atoms. The first-order valence-corrected chi connectivity index (χ1v) is 3.94. The van der Waals surface area contributed by atoms with Crippen molar-refractivity contribution in [3.63, 3.8) is 0 Å². The molecule has 1 rings (SSSR count). The highest BCUT2D eigenvalue weighted by Crippen LogP contribution is 2.25. The fourth-order valence-corrected chi connectivity index (χ4v) is 1.13. The van der Waals surface area contributed by atoms with Gasteiger partial charge in [0.05, 0.1) is 12.8 Å². The van der Waals surface area contributed by atoms with Crippen LogP contribution >= 0.6 is 0 Å². The van der Waals surface area contributed by atoms with Gasteiger partial charge in [0, 0.05) is 6.42 Å². The third kappa shape index (κ3) is 1.42. The summed E-state index contributed by atoms with van der Waals surface area (Å²) in [5.41, 5.74) is 0.0167. The largest absolute Gasteiger partial charge is 0.466 e. The lowest BCUT2D eigenvalue weighted by atomic mass is 9.99. The summed E-state index contributed by atoms with van der Waals surface area (Å²) in [5, 5.41) is 3.79. The van der Waals surface area contributed by atoms with Crippen molar-refractivity contribution in [1.29, 1.82) is 0 Å². The van der Waals surface area contributed by atoms with E-state index >= 15 is 0 Å². The highest BCUT2D eigenvalue weighted by Gasteiger charge is 2.42. The summed E-state index contributed by atoms with van der Waals surface area (Å²) in [4.78, 5) is 16.2. The number of carbonyl (C=O) groups excluding carboxylic acids is 1. The van der Waals surface area contributed by atoms with Gasteiger partial charge in [-0.2, -0.15) is 0 Å². The van der Waals surface area contributed by atoms with Gasteiger partial charge in [-0.05, 0) is 13.3 Å². The SMILES string of the molecule is CCC1=NOC(C)(C(=O)OC)C1. The normalized spacial score (nSPS) is 27.8. The highest BCUT2D eigenvalue weighted by atomic mass is 16.7. The minimum atomic E-state index is -0.889. The molecule has 0 N–H and O–H groups in total. The number of rotatable bonds is 2. The maximum absolute atomic E-state index is 11.2. The average Bonchev–Trinajstić information content (AvgIpc) is 2.47. The van der Waals surface area contributed by atoms with E-state index in [4.69, 9.17) is 4.84 Å². The van der Waals surface area contributed by atoms with E-state index in [1.807, 2.05) is 6.92 Å². The maximum Gasteiger partial charge on any atom is 0.353 e. The van der Waals surface area contributed by atoms with Crippen LogP contribution in [0.25, 0.3) is 0 Å². The molecule has 0 aromatic carbocycles. The summed E-state index contributed by atoms with van der Waals surface area (Å²) in [7, 11) is 1.35. The van der Waals surface area contributed by atoms with E-state index in [1.54, 1.807) is 6.92 Å². The second-order valence-corrected chi connectivity index (χ2v) is 3.00. The van der Waals surface area contributed by atoms with Crippen LogP contribution in [0.3, 0.4) is 0 Å². The standard InChI is InChI=1S/C8H13NO3/c1-4-6-5-8(2,12-9-6)7(10)11-3/h4-5H2,1-3H3. The Labute approximate surface area is 71.5 Å². The first-order chi connectivity index (χ1) is 5.62. The van der Waals surface area contributed by atoms with Gasteiger partial charge in [-0.15, -0.1) is 0 Å². The molecule has 0 aliphatic carbocycles. The Morgan fingerprint density at radius 3 is 2.92 bits per heavy atom. The molecule has 4 nitrogen and oxygen atoms in total. The highest BCUT2D eigenvalue weighted by molar-refractivity contribution is 5.93. The molecule has 0 radical (unpaired) electrons. The van der Waals surface area contributed by atoms with Crippen LogP contribution in [0.1, 0.15) is 26.7 Å². The van der Waals surface area contributed by atoms with Gasteiger partial charge in [0.1, 0.15) is 0 Å². The molecule has 0 amide bonds. The number of hydrogen-bond acceptors (Lipinski definition) is 4. The molecule has 0 aromatic rings. The fourth-order valence-electron chi connectivity index (χ4n) is 1.13. The Balaban J connectivity index is 2.63. The van der Waals surface area contributed by atoms with Gasteiger partial charge in [0.15, 0.2) is 0 Å². The zero-order valence-electron chi connectivity index (χ0n) is 7.59. The molecule has 68 valence electrons. The third-order valence-electron chi connectivity index (χ3n) is 1.94. The van der Waals surface area contributed by atoms with Gasteiger partial charge in [0.25, 0.3) is 0 Å². The summed E-state index contributed by atoms with van der Waals surface area (Å²) in [6.07, 6.45) is 1.35. The van der Waals surface area contributed by atoms with E-state index in [0.717, 1.165) is 12.1 Å². The Hall–Kier alpha value is -1.06. The zero-order chi connectivity index (χ0) is 9.19. The van der Waals surface area contributed by atoms with Crippen LogP contribution in [0, 0.1) is 0 Å². The molecule has 0 fully saturated rings. The van der Waals surface area contributed by atoms with Gasteiger partial charge in [-0.1, -0.05) is 12.1 Å². The molecule has 0 saturated carbocycles. The van der Waals surface area contributed by atoms with Gasteiger partial charge in [-0.25, -0.2) is 4.79 Å². The molecule has 1 aliphatic rings. The number of esters is 1. The van der Waals surface area contributed by atoms with E-state index < -0.39 is 5.60 Å². The van der Waals surface area contributed by atoms with Crippen LogP contribution < -0.4 is 0 Å². The maximum atomic E-state index is 11.2. The Morgan fingerprint density at radius 2 is 2.50 bits per heavy atom. The predicted molar refractivity (Wildman–Crippen MR) is 43.8 cm³/mol. The first kappa shape index (κ1) is 9.03. The van der Waals surface area contributed by atoms with Gasteiger partial charge >= 0.3 is 5.97 Å². The van der Waals surface area contributed by atoms with E-state index in [2.05, 4.69) is 9.89 Å². The van der Waals surface area contributed by atoms with E-state index in [9.17, 15) is 4.79 Å². The Bertz CT molecular complexity index is 224. The molecule has 1 atom stereocenters. The van der Waals surface area contributed by atoms with Crippen LogP contribution in [-0.4, -0.2) is 24.4 Å². The lowest BCUT2D eigenvalue weighted by Crippen LogP contribution is -2.36. The van der Waals surface area contributed by atoms with Crippen molar-refractivity contribution in [2.24, 2.45) is 5.16 Å². The van der Waals surface area contributed by atoms with Gasteiger partial charge in [-0.3, -0.25) is 0 Å². The van der Waals surface area contributed by atoms with Crippen molar-refractivity contribution >= 4 is 11.7 Å². The monoisotopic (exact) mass is 171 g/mol. The molecule has 1 unspecified atom stereocenters. The molecule has 12 heavy (non-hydrogen) atoms. The van der Waals surface area contributed by atoms with Crippen molar-refractivity contribution in [3.8, 4) is 0 Å². The molecule has 0 spiro atoms. The van der Waals surface area contributed by atoms with Gasteiger partial charge < -0.3 is 9.57 Å². The van der Waals surface area contributed by atoms with E-state index in [1.165, 1.54) is 7.11 Å². The lowest BCUT2D eigenvalue weighted by Gasteiger charge is -2.17. The molecule has 0 aromatic heterocycles. The average molecular weight is 171 g/mol. The predicted octanol–water partition coefficient (Wildman–Crippen LogP) is 1.10.